The predicted molar refractivity (Wildman–Crippen MR) is 62.0 cm³/mol. The molecule has 0 unspecified atom stereocenters. The molecule has 1 aromatic carbocycles. The standard InChI is InChI=1S/C12H14F4N2O/c13-10-3-1-2-9(6-10)4-5-17-7-11(19)18-8-12(14,15)16/h1-3,6,17H,4-5,7-8H2,(H,18,19). The molecule has 1 aromatic rings. The zero-order valence-corrected chi connectivity index (χ0v) is 10.1. The van der Waals surface area contributed by atoms with Gasteiger partial charge in [0.25, 0.3) is 0 Å². The van der Waals surface area contributed by atoms with Crippen LogP contribution in [0.25, 0.3) is 0 Å². The lowest BCUT2D eigenvalue weighted by molar-refractivity contribution is -0.137. The van der Waals surface area contributed by atoms with E-state index < -0.39 is 18.6 Å². The van der Waals surface area contributed by atoms with Crippen molar-refractivity contribution in [3.63, 3.8) is 0 Å². The molecule has 106 valence electrons. The number of carbonyl (C=O) groups excluding carboxylic acids is 1. The molecule has 1 rings (SSSR count). The SMILES string of the molecule is O=C(CNCCc1cccc(F)c1)NCC(F)(F)F. The van der Waals surface area contributed by atoms with Gasteiger partial charge in [-0.1, -0.05) is 12.1 Å². The molecule has 0 heterocycles. The van der Waals surface area contributed by atoms with E-state index in [0.29, 0.717) is 13.0 Å². The van der Waals surface area contributed by atoms with E-state index >= 15 is 0 Å². The molecule has 1 amide bonds. The molecule has 2 N–H and O–H groups in total. The third kappa shape index (κ3) is 7.40. The average Bonchev–Trinajstić information content (AvgIpc) is 2.31. The summed E-state index contributed by atoms with van der Waals surface area (Å²) in [6.45, 7) is -1.16. The van der Waals surface area contributed by atoms with Crippen molar-refractivity contribution in [2.24, 2.45) is 0 Å². The Morgan fingerprint density at radius 1 is 1.26 bits per heavy atom. The van der Waals surface area contributed by atoms with Gasteiger partial charge in [-0.05, 0) is 30.7 Å². The molecule has 0 bridgehead atoms. The Morgan fingerprint density at radius 2 is 2.00 bits per heavy atom. The van der Waals surface area contributed by atoms with Crippen molar-refractivity contribution in [1.29, 1.82) is 0 Å². The highest BCUT2D eigenvalue weighted by Gasteiger charge is 2.27. The maximum absolute atomic E-state index is 12.8. The highest BCUT2D eigenvalue weighted by atomic mass is 19.4. The van der Waals surface area contributed by atoms with E-state index in [4.69, 9.17) is 0 Å². The Morgan fingerprint density at radius 3 is 2.63 bits per heavy atom. The number of halogens is 4. The van der Waals surface area contributed by atoms with E-state index in [0.717, 1.165) is 5.56 Å². The maximum Gasteiger partial charge on any atom is 0.405 e. The highest BCUT2D eigenvalue weighted by molar-refractivity contribution is 5.77. The van der Waals surface area contributed by atoms with Crippen LogP contribution in [0.3, 0.4) is 0 Å². The number of carbonyl (C=O) groups is 1. The summed E-state index contributed by atoms with van der Waals surface area (Å²) in [5, 5.41) is 4.43. The summed E-state index contributed by atoms with van der Waals surface area (Å²) in [6, 6.07) is 5.99. The summed E-state index contributed by atoms with van der Waals surface area (Å²) in [4.78, 5) is 11.0. The molecule has 0 aliphatic carbocycles. The fourth-order valence-corrected chi connectivity index (χ4v) is 1.39. The lowest BCUT2D eigenvalue weighted by Crippen LogP contribution is -2.39. The molecule has 7 heteroatoms. The second-order valence-electron chi connectivity index (χ2n) is 3.95. The van der Waals surface area contributed by atoms with Crippen molar-refractivity contribution in [2.45, 2.75) is 12.6 Å². The number of benzene rings is 1. The molecular weight excluding hydrogens is 264 g/mol. The van der Waals surface area contributed by atoms with Crippen molar-refractivity contribution in [3.8, 4) is 0 Å². The summed E-state index contributed by atoms with van der Waals surface area (Å²) in [5.74, 6) is -1.07. The third-order valence-corrected chi connectivity index (χ3v) is 2.25. The molecule has 0 aromatic heterocycles. The average molecular weight is 278 g/mol. The minimum absolute atomic E-state index is 0.203. The van der Waals surface area contributed by atoms with Gasteiger partial charge in [-0.15, -0.1) is 0 Å². The number of nitrogens with one attached hydrogen (secondary N) is 2. The smallest absolute Gasteiger partial charge is 0.346 e. The minimum atomic E-state index is -4.41. The van der Waals surface area contributed by atoms with Crippen molar-refractivity contribution in [3.05, 3.63) is 35.6 Å². The molecule has 0 radical (unpaired) electrons. The van der Waals surface area contributed by atoms with E-state index in [2.05, 4.69) is 5.32 Å². The first-order valence-electron chi connectivity index (χ1n) is 5.65. The first-order chi connectivity index (χ1) is 8.87. The molecule has 0 aliphatic rings. The van der Waals surface area contributed by atoms with Crippen LogP contribution in [0.5, 0.6) is 0 Å². The van der Waals surface area contributed by atoms with Gasteiger partial charge in [-0.3, -0.25) is 4.79 Å². The Hall–Kier alpha value is -1.63. The lowest BCUT2D eigenvalue weighted by Gasteiger charge is -2.09. The Balaban J connectivity index is 2.15. The van der Waals surface area contributed by atoms with Crippen LogP contribution in [-0.2, 0) is 11.2 Å². The van der Waals surface area contributed by atoms with E-state index in [1.54, 1.807) is 17.4 Å². The number of hydrogen-bond donors (Lipinski definition) is 2. The molecule has 19 heavy (non-hydrogen) atoms. The normalized spacial score (nSPS) is 11.4. The van der Waals surface area contributed by atoms with Gasteiger partial charge < -0.3 is 10.6 Å². The van der Waals surface area contributed by atoms with Crippen molar-refractivity contribution in [1.82, 2.24) is 10.6 Å². The monoisotopic (exact) mass is 278 g/mol. The first kappa shape index (κ1) is 15.4. The summed E-state index contributed by atoms with van der Waals surface area (Å²) < 4.78 is 48.2. The Kier molecular flexibility index (Phi) is 5.75. The van der Waals surface area contributed by atoms with E-state index in [-0.39, 0.29) is 12.4 Å². The van der Waals surface area contributed by atoms with Gasteiger partial charge in [0.1, 0.15) is 12.4 Å². The topological polar surface area (TPSA) is 41.1 Å². The maximum atomic E-state index is 12.8. The Bertz CT molecular complexity index is 420. The second kappa shape index (κ2) is 7.08. The number of alkyl halides is 3. The van der Waals surface area contributed by atoms with Gasteiger partial charge in [0.05, 0.1) is 6.54 Å². The van der Waals surface area contributed by atoms with Crippen LogP contribution in [0.2, 0.25) is 0 Å². The quantitative estimate of drug-likeness (QED) is 0.613. The van der Waals surface area contributed by atoms with Crippen LogP contribution in [0.15, 0.2) is 24.3 Å². The van der Waals surface area contributed by atoms with Gasteiger partial charge in [0.15, 0.2) is 0 Å². The highest BCUT2D eigenvalue weighted by Crippen LogP contribution is 2.11. The van der Waals surface area contributed by atoms with Gasteiger partial charge in [0, 0.05) is 0 Å². The van der Waals surface area contributed by atoms with Crippen molar-refractivity contribution in [2.75, 3.05) is 19.6 Å². The largest absolute Gasteiger partial charge is 0.405 e. The summed E-state index contributed by atoms with van der Waals surface area (Å²) in [7, 11) is 0. The zero-order valence-electron chi connectivity index (χ0n) is 10.1. The van der Waals surface area contributed by atoms with Crippen molar-refractivity contribution < 1.29 is 22.4 Å². The molecule has 0 atom stereocenters. The van der Waals surface area contributed by atoms with Crippen LogP contribution in [0.1, 0.15) is 5.56 Å². The van der Waals surface area contributed by atoms with Gasteiger partial charge >= 0.3 is 6.18 Å². The number of amides is 1. The van der Waals surface area contributed by atoms with Gasteiger partial charge in [-0.25, -0.2) is 4.39 Å². The fourth-order valence-electron chi connectivity index (χ4n) is 1.39. The van der Waals surface area contributed by atoms with Gasteiger partial charge in [0.2, 0.25) is 5.91 Å². The van der Waals surface area contributed by atoms with Crippen LogP contribution in [-0.4, -0.2) is 31.7 Å². The minimum Gasteiger partial charge on any atom is -0.346 e. The second-order valence-corrected chi connectivity index (χ2v) is 3.95. The summed E-state index contributed by atoms with van der Waals surface area (Å²) in [5.41, 5.74) is 0.753. The zero-order chi connectivity index (χ0) is 14.3. The molecule has 0 fully saturated rings. The van der Waals surface area contributed by atoms with Crippen molar-refractivity contribution >= 4 is 5.91 Å². The summed E-state index contributed by atoms with van der Waals surface area (Å²) in [6.07, 6.45) is -3.92. The fraction of sp³-hybridized carbons (Fsp3) is 0.417. The van der Waals surface area contributed by atoms with Crippen LogP contribution < -0.4 is 10.6 Å². The molecule has 0 saturated heterocycles. The third-order valence-electron chi connectivity index (χ3n) is 2.25. The Labute approximate surface area is 108 Å². The molecule has 0 saturated carbocycles. The van der Waals surface area contributed by atoms with E-state index in [9.17, 15) is 22.4 Å². The molecule has 3 nitrogen and oxygen atoms in total. The van der Waals surface area contributed by atoms with E-state index in [1.807, 2.05) is 0 Å². The van der Waals surface area contributed by atoms with Crippen LogP contribution >= 0.6 is 0 Å². The first-order valence-corrected chi connectivity index (χ1v) is 5.65. The van der Waals surface area contributed by atoms with Crippen LogP contribution in [0.4, 0.5) is 17.6 Å². The summed E-state index contributed by atoms with van der Waals surface area (Å²) >= 11 is 0. The number of rotatable bonds is 6. The number of hydrogen-bond acceptors (Lipinski definition) is 2. The van der Waals surface area contributed by atoms with E-state index in [1.165, 1.54) is 12.1 Å². The molecule has 0 aliphatic heterocycles. The lowest BCUT2D eigenvalue weighted by atomic mass is 10.1. The predicted octanol–water partition coefficient (Wildman–Crippen LogP) is 1.64. The van der Waals surface area contributed by atoms with Crippen LogP contribution in [0, 0.1) is 5.82 Å². The van der Waals surface area contributed by atoms with Gasteiger partial charge in [-0.2, -0.15) is 13.2 Å². The molecular formula is C12H14F4N2O. The molecule has 0 spiro atoms.